The number of carbonyl (C=O) groups is 1. The van der Waals surface area contributed by atoms with Gasteiger partial charge >= 0.3 is 0 Å². The monoisotopic (exact) mass is 270 g/mol. The van der Waals surface area contributed by atoms with Gasteiger partial charge in [0.05, 0.1) is 0 Å². The van der Waals surface area contributed by atoms with Crippen LogP contribution in [0, 0.1) is 5.92 Å². The topological polar surface area (TPSA) is 17.1 Å². The Labute approximate surface area is 119 Å². The largest absolute Gasteiger partial charge is 0.299 e. The number of carbonyl (C=O) groups excluding carboxylic acids is 1. The number of Topliss-reactive ketones (excluding diaryl/α,β-unsaturated/α-hetero) is 1. The zero-order valence-corrected chi connectivity index (χ0v) is 13.1. The van der Waals surface area contributed by atoms with Crippen molar-refractivity contribution in [2.75, 3.05) is 0 Å². The molecule has 1 atom stereocenters. The number of ketones is 1. The molecule has 106 valence electrons. The molecule has 0 spiro atoms. The fraction of sp³-hybridized carbons (Fsp3) is 0.875. The molecule has 0 aromatic rings. The summed E-state index contributed by atoms with van der Waals surface area (Å²) >= 11 is 4.97. The highest BCUT2D eigenvalue weighted by atomic mass is 32.1. The molecule has 0 saturated heterocycles. The van der Waals surface area contributed by atoms with Gasteiger partial charge in [0.2, 0.25) is 0 Å². The Bertz CT molecular complexity index is 213. The van der Waals surface area contributed by atoms with E-state index in [1.54, 1.807) is 5.37 Å². The molecule has 0 amide bonds. The zero-order chi connectivity index (χ0) is 13.6. The molecule has 0 aromatic heterocycles. The Morgan fingerprint density at radius 1 is 0.944 bits per heavy atom. The summed E-state index contributed by atoms with van der Waals surface area (Å²) in [4.78, 5) is 11.9. The summed E-state index contributed by atoms with van der Waals surface area (Å²) in [6.07, 6.45) is 12.8. The molecular weight excluding hydrogens is 240 g/mol. The molecule has 2 heteroatoms. The number of thiocarbonyl (C=S) groups is 1. The lowest BCUT2D eigenvalue weighted by Crippen LogP contribution is -2.14. The molecule has 0 aliphatic heterocycles. The van der Waals surface area contributed by atoms with Gasteiger partial charge in [-0.15, -0.1) is 0 Å². The molecule has 0 N–H and O–H groups in total. The molecule has 0 saturated carbocycles. The van der Waals surface area contributed by atoms with E-state index in [0.29, 0.717) is 5.78 Å². The first-order chi connectivity index (χ1) is 8.76. The van der Waals surface area contributed by atoms with Crippen LogP contribution < -0.4 is 0 Å². The van der Waals surface area contributed by atoms with Gasteiger partial charge < -0.3 is 0 Å². The molecular formula is C16H30OS. The van der Waals surface area contributed by atoms with Crippen LogP contribution in [-0.2, 0) is 4.79 Å². The van der Waals surface area contributed by atoms with Crippen molar-refractivity contribution in [2.45, 2.75) is 84.5 Å². The Morgan fingerprint density at radius 3 is 2.06 bits per heavy atom. The Kier molecular flexibility index (Phi) is 13.0. The fourth-order valence-electron chi connectivity index (χ4n) is 2.17. The fourth-order valence-corrected chi connectivity index (χ4v) is 2.46. The van der Waals surface area contributed by atoms with Crippen LogP contribution in [0.25, 0.3) is 0 Å². The van der Waals surface area contributed by atoms with Gasteiger partial charge in [-0.1, -0.05) is 77.4 Å². The van der Waals surface area contributed by atoms with E-state index in [1.165, 1.54) is 38.5 Å². The second-order valence-corrected chi connectivity index (χ2v) is 5.49. The molecule has 0 heterocycles. The molecule has 0 aliphatic carbocycles. The van der Waals surface area contributed by atoms with Crippen molar-refractivity contribution in [1.29, 1.82) is 0 Å². The maximum atomic E-state index is 11.9. The van der Waals surface area contributed by atoms with Crippen LogP contribution in [0.1, 0.15) is 84.5 Å². The number of hydrogen-bond acceptors (Lipinski definition) is 2. The smallest absolute Gasteiger partial charge is 0.140 e. The van der Waals surface area contributed by atoms with Crippen LogP contribution in [0.4, 0.5) is 0 Å². The normalized spacial score (nSPS) is 12.3. The van der Waals surface area contributed by atoms with Gasteiger partial charge in [0, 0.05) is 12.3 Å². The SMILES string of the molecule is CCCCCCCCCC(=O)C(C=S)CCCC. The highest BCUT2D eigenvalue weighted by Gasteiger charge is 2.13. The van der Waals surface area contributed by atoms with Gasteiger partial charge in [0.1, 0.15) is 5.78 Å². The van der Waals surface area contributed by atoms with Gasteiger partial charge in [-0.25, -0.2) is 0 Å². The third-order valence-electron chi connectivity index (χ3n) is 3.47. The maximum absolute atomic E-state index is 11.9. The first kappa shape index (κ1) is 17.8. The van der Waals surface area contributed by atoms with Crippen LogP contribution in [-0.4, -0.2) is 11.2 Å². The first-order valence-electron chi connectivity index (χ1n) is 7.74. The standard InChI is InChI=1S/C16H30OS/c1-3-5-7-8-9-10-11-13-16(17)15(14-18)12-6-4-2/h14-15H,3-13H2,1-2H3. The van der Waals surface area contributed by atoms with Crippen LogP contribution in [0.15, 0.2) is 0 Å². The minimum Gasteiger partial charge on any atom is -0.299 e. The van der Waals surface area contributed by atoms with Crippen LogP contribution in [0.2, 0.25) is 0 Å². The average molecular weight is 270 g/mol. The minimum atomic E-state index is 0.0417. The van der Waals surface area contributed by atoms with Gasteiger partial charge in [0.25, 0.3) is 0 Å². The van der Waals surface area contributed by atoms with Crippen molar-refractivity contribution in [1.82, 2.24) is 0 Å². The molecule has 0 fully saturated rings. The van der Waals surface area contributed by atoms with Crippen molar-refractivity contribution < 1.29 is 4.79 Å². The van der Waals surface area contributed by atoms with Crippen molar-refractivity contribution in [2.24, 2.45) is 5.92 Å². The van der Waals surface area contributed by atoms with E-state index in [2.05, 4.69) is 13.8 Å². The Hall–Kier alpha value is -0.240. The molecule has 0 bridgehead atoms. The quantitative estimate of drug-likeness (QED) is 0.324. The van der Waals surface area contributed by atoms with E-state index in [9.17, 15) is 4.79 Å². The predicted molar refractivity (Wildman–Crippen MR) is 84.3 cm³/mol. The van der Waals surface area contributed by atoms with Gasteiger partial charge in [-0.2, -0.15) is 0 Å². The summed E-state index contributed by atoms with van der Waals surface area (Å²) in [6, 6.07) is 0. The third-order valence-corrected chi connectivity index (χ3v) is 3.80. The van der Waals surface area contributed by atoms with Crippen LogP contribution >= 0.6 is 12.2 Å². The second kappa shape index (κ2) is 13.2. The number of hydrogen-bond donors (Lipinski definition) is 0. The van der Waals surface area contributed by atoms with Gasteiger partial charge in [-0.05, 0) is 18.2 Å². The molecule has 1 nitrogen and oxygen atoms in total. The third kappa shape index (κ3) is 9.76. The van der Waals surface area contributed by atoms with E-state index >= 15 is 0 Å². The minimum absolute atomic E-state index is 0.0417. The predicted octanol–water partition coefficient (Wildman–Crippen LogP) is 5.50. The highest BCUT2D eigenvalue weighted by Crippen LogP contribution is 2.14. The summed E-state index contributed by atoms with van der Waals surface area (Å²) < 4.78 is 0. The van der Waals surface area contributed by atoms with E-state index in [-0.39, 0.29) is 5.92 Å². The van der Waals surface area contributed by atoms with Crippen molar-refractivity contribution in [3.8, 4) is 0 Å². The molecule has 18 heavy (non-hydrogen) atoms. The molecule has 0 aromatic carbocycles. The second-order valence-electron chi connectivity index (χ2n) is 5.22. The lowest BCUT2D eigenvalue weighted by Gasteiger charge is -2.09. The van der Waals surface area contributed by atoms with E-state index in [1.807, 2.05) is 0 Å². The molecule has 0 rings (SSSR count). The van der Waals surface area contributed by atoms with Crippen molar-refractivity contribution in [3.63, 3.8) is 0 Å². The first-order valence-corrected chi connectivity index (χ1v) is 8.21. The summed E-state index contributed by atoms with van der Waals surface area (Å²) in [7, 11) is 0. The number of rotatable bonds is 13. The number of unbranched alkanes of at least 4 members (excludes halogenated alkanes) is 7. The summed E-state index contributed by atoms with van der Waals surface area (Å²) in [5, 5.41) is 1.68. The van der Waals surface area contributed by atoms with E-state index in [0.717, 1.165) is 32.1 Å². The van der Waals surface area contributed by atoms with E-state index < -0.39 is 0 Å². The summed E-state index contributed by atoms with van der Waals surface area (Å²) in [5.74, 6) is 0.409. The highest BCUT2D eigenvalue weighted by molar-refractivity contribution is 7.79. The molecule has 0 radical (unpaired) electrons. The zero-order valence-electron chi connectivity index (χ0n) is 12.2. The van der Waals surface area contributed by atoms with Crippen molar-refractivity contribution >= 4 is 23.4 Å². The lowest BCUT2D eigenvalue weighted by molar-refractivity contribution is -0.121. The van der Waals surface area contributed by atoms with E-state index in [4.69, 9.17) is 12.2 Å². The van der Waals surface area contributed by atoms with Crippen LogP contribution in [0.3, 0.4) is 0 Å². The van der Waals surface area contributed by atoms with Gasteiger partial charge in [-0.3, -0.25) is 4.79 Å². The summed E-state index contributed by atoms with van der Waals surface area (Å²) in [5.41, 5.74) is 0. The van der Waals surface area contributed by atoms with Crippen LogP contribution in [0.5, 0.6) is 0 Å². The molecule has 1 unspecified atom stereocenters. The molecule has 0 aliphatic rings. The Balaban J connectivity index is 3.52. The Morgan fingerprint density at radius 2 is 1.50 bits per heavy atom. The summed E-state index contributed by atoms with van der Waals surface area (Å²) in [6.45, 7) is 4.39. The maximum Gasteiger partial charge on any atom is 0.140 e. The lowest BCUT2D eigenvalue weighted by atomic mass is 9.95. The van der Waals surface area contributed by atoms with Gasteiger partial charge in [0.15, 0.2) is 0 Å². The average Bonchev–Trinajstić information content (AvgIpc) is 2.38. The van der Waals surface area contributed by atoms with Crippen molar-refractivity contribution in [3.05, 3.63) is 0 Å².